The van der Waals surface area contributed by atoms with Gasteiger partial charge in [0, 0.05) is 37.9 Å². The number of rotatable bonds is 3. The molecule has 0 spiro atoms. The molecule has 1 atom stereocenters. The summed E-state index contributed by atoms with van der Waals surface area (Å²) in [5, 5.41) is 6.17. The first kappa shape index (κ1) is 12.0. The maximum atomic E-state index is 11.8. The minimum atomic E-state index is -0.0812. The molecule has 2 N–H and O–H groups in total. The fraction of sp³-hybridized carbons (Fsp3) is 0.500. The third kappa shape index (κ3) is 3.80. The van der Waals surface area contributed by atoms with Crippen molar-refractivity contribution in [1.29, 1.82) is 0 Å². The smallest absolute Gasteiger partial charge is 0.252 e. The molecule has 2 heterocycles. The molecule has 1 aliphatic heterocycles. The second-order valence-electron chi connectivity index (χ2n) is 4.10. The molecule has 1 unspecified atom stereocenters. The molecule has 5 heteroatoms. The summed E-state index contributed by atoms with van der Waals surface area (Å²) in [5.74, 6) is 0.250. The number of carbonyl (C=O) groups excluding carboxylic acids is 1. The maximum absolute atomic E-state index is 11.8. The second kappa shape index (κ2) is 6.32. The summed E-state index contributed by atoms with van der Waals surface area (Å²) in [6, 6.07) is 3.51. The van der Waals surface area contributed by atoms with Crippen LogP contribution in [-0.4, -0.2) is 43.7 Å². The summed E-state index contributed by atoms with van der Waals surface area (Å²) < 4.78 is 5.42. The van der Waals surface area contributed by atoms with E-state index in [1.165, 1.54) is 0 Å². The van der Waals surface area contributed by atoms with Gasteiger partial charge in [0.05, 0.1) is 18.8 Å². The van der Waals surface area contributed by atoms with Crippen LogP contribution in [0.15, 0.2) is 24.5 Å². The van der Waals surface area contributed by atoms with Crippen LogP contribution in [0, 0.1) is 5.92 Å². The molecule has 1 aromatic rings. The van der Waals surface area contributed by atoms with Crippen LogP contribution in [0.5, 0.6) is 0 Å². The van der Waals surface area contributed by atoms with Crippen LogP contribution in [0.25, 0.3) is 0 Å². The summed E-state index contributed by atoms with van der Waals surface area (Å²) in [6.07, 6.45) is 3.22. The zero-order valence-corrected chi connectivity index (χ0v) is 9.69. The summed E-state index contributed by atoms with van der Waals surface area (Å²) in [5.41, 5.74) is 0.593. The maximum Gasteiger partial charge on any atom is 0.252 e. The molecule has 1 saturated heterocycles. The fourth-order valence-electron chi connectivity index (χ4n) is 1.73. The number of hydrogen-bond donors (Lipinski definition) is 2. The highest BCUT2D eigenvalue weighted by molar-refractivity contribution is 5.93. The minimum absolute atomic E-state index is 0.0812. The van der Waals surface area contributed by atoms with Gasteiger partial charge in [-0.1, -0.05) is 0 Å². The first-order valence-electron chi connectivity index (χ1n) is 5.83. The van der Waals surface area contributed by atoms with E-state index in [2.05, 4.69) is 15.6 Å². The molecule has 2 rings (SSSR count). The first-order valence-corrected chi connectivity index (χ1v) is 5.83. The van der Waals surface area contributed by atoms with E-state index in [9.17, 15) is 4.79 Å². The summed E-state index contributed by atoms with van der Waals surface area (Å²) in [4.78, 5) is 15.7. The molecular weight excluding hydrogens is 218 g/mol. The van der Waals surface area contributed by atoms with Gasteiger partial charge in [0.1, 0.15) is 0 Å². The van der Waals surface area contributed by atoms with Gasteiger partial charge in [-0.25, -0.2) is 0 Å². The Kier molecular flexibility index (Phi) is 4.46. The Morgan fingerprint density at radius 2 is 2.59 bits per heavy atom. The summed E-state index contributed by atoms with van der Waals surface area (Å²) >= 11 is 0. The minimum Gasteiger partial charge on any atom is -0.380 e. The predicted molar refractivity (Wildman–Crippen MR) is 63.7 cm³/mol. The van der Waals surface area contributed by atoms with Gasteiger partial charge >= 0.3 is 0 Å². The highest BCUT2D eigenvalue weighted by Gasteiger charge is 2.13. The lowest BCUT2D eigenvalue weighted by Gasteiger charge is -2.14. The van der Waals surface area contributed by atoms with Crippen molar-refractivity contribution in [3.05, 3.63) is 30.1 Å². The monoisotopic (exact) mass is 235 g/mol. The van der Waals surface area contributed by atoms with Gasteiger partial charge in [0.2, 0.25) is 0 Å². The summed E-state index contributed by atoms with van der Waals surface area (Å²) in [6.45, 7) is 3.83. The quantitative estimate of drug-likeness (QED) is 0.777. The van der Waals surface area contributed by atoms with E-state index in [0.29, 0.717) is 24.6 Å². The fourth-order valence-corrected chi connectivity index (χ4v) is 1.73. The van der Waals surface area contributed by atoms with E-state index in [-0.39, 0.29) is 5.91 Å². The van der Waals surface area contributed by atoms with E-state index in [4.69, 9.17) is 4.74 Å². The van der Waals surface area contributed by atoms with Gasteiger partial charge in [-0.3, -0.25) is 9.78 Å². The molecule has 0 aliphatic carbocycles. The molecule has 0 aromatic carbocycles. The third-order valence-electron chi connectivity index (χ3n) is 2.68. The van der Waals surface area contributed by atoms with Crippen molar-refractivity contribution in [2.75, 3.05) is 32.8 Å². The number of ether oxygens (including phenoxy) is 1. The molecular formula is C12H17N3O2. The topological polar surface area (TPSA) is 63.2 Å². The van der Waals surface area contributed by atoms with Crippen LogP contribution in [-0.2, 0) is 4.74 Å². The average Bonchev–Trinajstić information content (AvgIpc) is 2.65. The number of carbonyl (C=O) groups is 1. The second-order valence-corrected chi connectivity index (χ2v) is 4.10. The molecule has 92 valence electrons. The van der Waals surface area contributed by atoms with Crippen molar-refractivity contribution in [3.8, 4) is 0 Å². The zero-order chi connectivity index (χ0) is 11.9. The number of hydrogen-bond acceptors (Lipinski definition) is 4. The number of aromatic nitrogens is 1. The number of nitrogens with zero attached hydrogens (tertiary/aromatic N) is 1. The van der Waals surface area contributed by atoms with Gasteiger partial charge in [0.15, 0.2) is 0 Å². The molecule has 0 saturated carbocycles. The van der Waals surface area contributed by atoms with Gasteiger partial charge in [-0.15, -0.1) is 0 Å². The highest BCUT2D eigenvalue weighted by Crippen LogP contribution is 2.00. The van der Waals surface area contributed by atoms with Crippen molar-refractivity contribution >= 4 is 5.91 Å². The molecule has 1 amide bonds. The van der Waals surface area contributed by atoms with Crippen LogP contribution < -0.4 is 10.6 Å². The van der Waals surface area contributed by atoms with Crippen LogP contribution in [0.1, 0.15) is 10.4 Å². The third-order valence-corrected chi connectivity index (χ3v) is 2.68. The average molecular weight is 235 g/mol. The molecule has 17 heavy (non-hydrogen) atoms. The molecule has 0 bridgehead atoms. The molecule has 0 radical (unpaired) electrons. The SMILES string of the molecule is O=C(NCC1CNCCOC1)c1cccnc1. The Hall–Kier alpha value is -1.46. The Bertz CT molecular complexity index is 348. The zero-order valence-electron chi connectivity index (χ0n) is 9.69. The lowest BCUT2D eigenvalue weighted by Crippen LogP contribution is -2.35. The summed E-state index contributed by atoms with van der Waals surface area (Å²) in [7, 11) is 0. The predicted octanol–water partition coefficient (Wildman–Crippen LogP) is 0.0474. The van der Waals surface area contributed by atoms with E-state index in [1.54, 1.807) is 24.5 Å². The highest BCUT2D eigenvalue weighted by atomic mass is 16.5. The number of nitrogens with one attached hydrogen (secondary N) is 2. The van der Waals surface area contributed by atoms with Crippen molar-refractivity contribution < 1.29 is 9.53 Å². The molecule has 1 aliphatic rings. The Labute approximate surface area is 101 Å². The number of amides is 1. The Morgan fingerprint density at radius 1 is 1.65 bits per heavy atom. The van der Waals surface area contributed by atoms with Gasteiger partial charge in [-0.2, -0.15) is 0 Å². The Morgan fingerprint density at radius 3 is 3.41 bits per heavy atom. The number of pyridine rings is 1. The van der Waals surface area contributed by atoms with E-state index < -0.39 is 0 Å². The van der Waals surface area contributed by atoms with Gasteiger partial charge in [0.25, 0.3) is 5.91 Å². The van der Waals surface area contributed by atoms with Crippen molar-refractivity contribution in [2.45, 2.75) is 0 Å². The van der Waals surface area contributed by atoms with Crippen molar-refractivity contribution in [1.82, 2.24) is 15.6 Å². The lowest BCUT2D eigenvalue weighted by molar-refractivity contribution is 0.0921. The first-order chi connectivity index (χ1) is 8.36. The van der Waals surface area contributed by atoms with E-state index in [0.717, 1.165) is 19.7 Å². The van der Waals surface area contributed by atoms with Crippen molar-refractivity contribution in [3.63, 3.8) is 0 Å². The molecule has 5 nitrogen and oxygen atoms in total. The lowest BCUT2D eigenvalue weighted by atomic mass is 10.1. The van der Waals surface area contributed by atoms with Gasteiger partial charge < -0.3 is 15.4 Å². The largest absolute Gasteiger partial charge is 0.380 e. The van der Waals surface area contributed by atoms with Crippen LogP contribution in [0.2, 0.25) is 0 Å². The van der Waals surface area contributed by atoms with E-state index in [1.807, 2.05) is 0 Å². The Balaban J connectivity index is 1.79. The van der Waals surface area contributed by atoms with Crippen LogP contribution in [0.4, 0.5) is 0 Å². The van der Waals surface area contributed by atoms with Crippen LogP contribution >= 0.6 is 0 Å². The van der Waals surface area contributed by atoms with Crippen LogP contribution in [0.3, 0.4) is 0 Å². The normalized spacial score (nSPS) is 20.6. The van der Waals surface area contributed by atoms with Gasteiger partial charge in [-0.05, 0) is 12.1 Å². The van der Waals surface area contributed by atoms with E-state index >= 15 is 0 Å². The molecule has 1 fully saturated rings. The standard InChI is InChI=1S/C12H17N3O2/c16-12(11-2-1-3-13-8-11)15-7-10-6-14-4-5-17-9-10/h1-3,8,10,14H,4-7,9H2,(H,15,16). The molecule has 1 aromatic heterocycles. The van der Waals surface area contributed by atoms with Crippen molar-refractivity contribution in [2.24, 2.45) is 5.92 Å².